The zero-order chi connectivity index (χ0) is 25.9. The molecule has 1 saturated heterocycles. The monoisotopic (exact) mass is 508 g/mol. The van der Waals surface area contributed by atoms with Gasteiger partial charge in [-0.3, -0.25) is 30.8 Å². The molecule has 12 heteroatoms. The van der Waals surface area contributed by atoms with Gasteiger partial charge in [0.15, 0.2) is 11.6 Å². The van der Waals surface area contributed by atoms with Gasteiger partial charge in [-0.2, -0.15) is 0 Å². The van der Waals surface area contributed by atoms with Crippen LogP contribution in [0.1, 0.15) is 55.3 Å². The SMILES string of the molecule is CC1OC(C)(C)NC1COc1cc(Cl)c(C(=O)NNC(=O)c2ccnc(N(N)C(C)C)c2)cc1F. The van der Waals surface area contributed by atoms with Crippen molar-refractivity contribution >= 4 is 29.2 Å². The first kappa shape index (κ1) is 26.6. The number of carbonyl (C=O) groups is 2. The van der Waals surface area contributed by atoms with Crippen LogP contribution >= 0.6 is 11.6 Å². The van der Waals surface area contributed by atoms with Crippen molar-refractivity contribution in [2.45, 2.75) is 58.5 Å². The molecule has 0 bridgehead atoms. The van der Waals surface area contributed by atoms with Gasteiger partial charge < -0.3 is 9.47 Å². The third-order valence-corrected chi connectivity index (χ3v) is 5.70. The van der Waals surface area contributed by atoms with E-state index in [4.69, 9.17) is 26.9 Å². The predicted molar refractivity (Wildman–Crippen MR) is 129 cm³/mol. The molecular weight excluding hydrogens is 479 g/mol. The number of rotatable bonds is 7. The van der Waals surface area contributed by atoms with E-state index in [2.05, 4.69) is 21.2 Å². The molecular formula is C23H30ClFN6O4. The summed E-state index contributed by atoms with van der Waals surface area (Å²) in [5.74, 6) is 4.02. The van der Waals surface area contributed by atoms with Gasteiger partial charge in [-0.1, -0.05) is 11.6 Å². The lowest BCUT2D eigenvalue weighted by molar-refractivity contribution is -0.0178. The van der Waals surface area contributed by atoms with Gasteiger partial charge in [0.1, 0.15) is 18.1 Å². The van der Waals surface area contributed by atoms with E-state index in [1.54, 1.807) is 0 Å². The van der Waals surface area contributed by atoms with Crippen LogP contribution in [0.4, 0.5) is 10.2 Å². The minimum absolute atomic E-state index is 0.0393. The van der Waals surface area contributed by atoms with Crippen LogP contribution in [0.25, 0.3) is 0 Å². The topological polar surface area (TPSA) is 131 Å². The number of hydrazine groups is 2. The predicted octanol–water partition coefficient (Wildman–Crippen LogP) is 2.53. The molecule has 0 radical (unpaired) electrons. The van der Waals surface area contributed by atoms with Gasteiger partial charge in [-0.25, -0.2) is 15.2 Å². The molecule has 3 rings (SSSR count). The van der Waals surface area contributed by atoms with Gasteiger partial charge >= 0.3 is 0 Å². The van der Waals surface area contributed by atoms with Crippen LogP contribution in [0.15, 0.2) is 30.5 Å². The molecule has 0 aliphatic carbocycles. The van der Waals surface area contributed by atoms with E-state index in [0.29, 0.717) is 5.82 Å². The van der Waals surface area contributed by atoms with Crippen molar-refractivity contribution in [2.24, 2.45) is 5.84 Å². The molecule has 1 aromatic carbocycles. The minimum Gasteiger partial charge on any atom is -0.489 e. The Morgan fingerprint density at radius 3 is 2.63 bits per heavy atom. The summed E-state index contributed by atoms with van der Waals surface area (Å²) in [5, 5.41) is 4.61. The maximum Gasteiger partial charge on any atom is 0.271 e. The molecule has 1 aliphatic heterocycles. The Bertz CT molecular complexity index is 1100. The Labute approximate surface area is 208 Å². The molecule has 5 N–H and O–H groups in total. The first-order valence-corrected chi connectivity index (χ1v) is 11.4. The summed E-state index contributed by atoms with van der Waals surface area (Å²) >= 11 is 6.19. The molecule has 2 aromatic rings. The number of ether oxygens (including phenoxy) is 2. The number of amides is 2. The van der Waals surface area contributed by atoms with Crippen LogP contribution in [0.5, 0.6) is 5.75 Å². The average molecular weight is 509 g/mol. The molecule has 10 nitrogen and oxygen atoms in total. The van der Waals surface area contributed by atoms with Crippen molar-refractivity contribution in [1.82, 2.24) is 21.2 Å². The van der Waals surface area contributed by atoms with Crippen LogP contribution in [-0.4, -0.2) is 47.3 Å². The molecule has 2 heterocycles. The summed E-state index contributed by atoms with van der Waals surface area (Å²) in [6, 6.07) is 4.92. The van der Waals surface area contributed by atoms with E-state index in [0.717, 1.165) is 6.07 Å². The second-order valence-electron chi connectivity index (χ2n) is 8.97. The van der Waals surface area contributed by atoms with E-state index < -0.39 is 23.4 Å². The fraction of sp³-hybridized carbons (Fsp3) is 0.435. The molecule has 190 valence electrons. The zero-order valence-electron chi connectivity index (χ0n) is 20.2. The molecule has 2 unspecified atom stereocenters. The molecule has 1 aliphatic rings. The zero-order valence-corrected chi connectivity index (χ0v) is 20.9. The maximum absolute atomic E-state index is 14.6. The number of hydrogen-bond donors (Lipinski definition) is 4. The summed E-state index contributed by atoms with van der Waals surface area (Å²) < 4.78 is 26.0. The van der Waals surface area contributed by atoms with Gasteiger partial charge in [0.25, 0.3) is 11.8 Å². The van der Waals surface area contributed by atoms with Gasteiger partial charge in [-0.15, -0.1) is 0 Å². The van der Waals surface area contributed by atoms with Crippen LogP contribution in [-0.2, 0) is 4.74 Å². The fourth-order valence-corrected chi connectivity index (χ4v) is 3.77. The van der Waals surface area contributed by atoms with E-state index in [1.807, 2.05) is 34.6 Å². The van der Waals surface area contributed by atoms with Gasteiger partial charge in [0.05, 0.1) is 22.7 Å². The number of nitrogens with two attached hydrogens (primary N) is 1. The van der Waals surface area contributed by atoms with E-state index in [1.165, 1.54) is 29.4 Å². The minimum atomic E-state index is -0.799. The van der Waals surface area contributed by atoms with E-state index in [-0.39, 0.29) is 46.7 Å². The lowest BCUT2D eigenvalue weighted by atomic mass is 10.2. The lowest BCUT2D eigenvalue weighted by Gasteiger charge is -2.22. The smallest absolute Gasteiger partial charge is 0.271 e. The highest BCUT2D eigenvalue weighted by Crippen LogP contribution is 2.28. The van der Waals surface area contributed by atoms with E-state index in [9.17, 15) is 14.0 Å². The quantitative estimate of drug-likeness (QED) is 0.331. The third-order valence-electron chi connectivity index (χ3n) is 5.38. The molecule has 1 aromatic heterocycles. The summed E-state index contributed by atoms with van der Waals surface area (Å²) in [5.41, 5.74) is 4.03. The van der Waals surface area contributed by atoms with Crippen molar-refractivity contribution < 1.29 is 23.5 Å². The van der Waals surface area contributed by atoms with Crippen molar-refractivity contribution in [3.8, 4) is 5.75 Å². The summed E-state index contributed by atoms with van der Waals surface area (Å²) in [6.45, 7) is 9.55. The molecule has 2 amide bonds. The molecule has 0 saturated carbocycles. The number of halogens is 2. The second kappa shape index (κ2) is 10.7. The highest BCUT2D eigenvalue weighted by molar-refractivity contribution is 6.34. The van der Waals surface area contributed by atoms with Gasteiger partial charge in [-0.05, 0) is 52.8 Å². The van der Waals surface area contributed by atoms with Crippen LogP contribution in [0.2, 0.25) is 5.02 Å². The van der Waals surface area contributed by atoms with Gasteiger partial charge in [0, 0.05) is 23.9 Å². The maximum atomic E-state index is 14.6. The second-order valence-corrected chi connectivity index (χ2v) is 9.38. The molecule has 2 atom stereocenters. The summed E-state index contributed by atoms with van der Waals surface area (Å²) in [4.78, 5) is 29.1. The highest BCUT2D eigenvalue weighted by atomic mass is 35.5. The lowest BCUT2D eigenvalue weighted by Crippen LogP contribution is -2.42. The molecule has 1 fully saturated rings. The number of aromatic nitrogens is 1. The fourth-order valence-electron chi connectivity index (χ4n) is 3.53. The number of nitrogens with one attached hydrogen (secondary N) is 3. The summed E-state index contributed by atoms with van der Waals surface area (Å²) in [6.07, 6.45) is 1.29. The van der Waals surface area contributed by atoms with Crippen LogP contribution in [0, 0.1) is 5.82 Å². The molecule has 35 heavy (non-hydrogen) atoms. The number of hydrogen-bond acceptors (Lipinski definition) is 8. The van der Waals surface area contributed by atoms with Crippen molar-refractivity contribution in [2.75, 3.05) is 11.6 Å². The summed E-state index contributed by atoms with van der Waals surface area (Å²) in [7, 11) is 0. The number of carbonyl (C=O) groups excluding carboxylic acids is 2. The number of nitrogens with zero attached hydrogens (tertiary/aromatic N) is 2. The Balaban J connectivity index is 1.61. The Morgan fingerprint density at radius 1 is 1.31 bits per heavy atom. The standard InChI is InChI=1S/C23H30ClFN6O4/c1-12(2)31(26)20-8-14(6-7-27-20)21(32)29-30-22(33)15-9-17(25)19(10-16(15)24)34-11-18-13(3)35-23(4,5)28-18/h6-10,12-13,18,28H,11,26H2,1-5H3,(H,29,32)(H,30,33). The Kier molecular flexibility index (Phi) is 8.16. The number of pyridine rings is 1. The third kappa shape index (κ3) is 6.57. The van der Waals surface area contributed by atoms with E-state index >= 15 is 0 Å². The van der Waals surface area contributed by atoms with Gasteiger partial charge in [0.2, 0.25) is 0 Å². The van der Waals surface area contributed by atoms with Crippen molar-refractivity contribution in [3.63, 3.8) is 0 Å². The Morgan fingerprint density at radius 2 is 2.00 bits per heavy atom. The first-order valence-electron chi connectivity index (χ1n) is 11.1. The number of anilines is 1. The Hall–Kier alpha value is -2.99. The molecule has 0 spiro atoms. The average Bonchev–Trinajstić information content (AvgIpc) is 3.07. The van der Waals surface area contributed by atoms with Crippen molar-refractivity contribution in [3.05, 3.63) is 52.4 Å². The highest BCUT2D eigenvalue weighted by Gasteiger charge is 2.37. The van der Waals surface area contributed by atoms with Crippen molar-refractivity contribution in [1.29, 1.82) is 0 Å². The first-order chi connectivity index (χ1) is 16.4. The normalized spacial score (nSPS) is 18.9. The van der Waals surface area contributed by atoms with Crippen LogP contribution < -0.4 is 31.8 Å². The van der Waals surface area contributed by atoms with Crippen LogP contribution in [0.3, 0.4) is 0 Å². The number of benzene rings is 1. The largest absolute Gasteiger partial charge is 0.489 e.